The first kappa shape index (κ1) is 10.4. The maximum Gasteiger partial charge on any atom is 0.120 e. The van der Waals surface area contributed by atoms with Crippen LogP contribution in [-0.2, 0) is 0 Å². The predicted octanol–water partition coefficient (Wildman–Crippen LogP) is 3.15. The van der Waals surface area contributed by atoms with Gasteiger partial charge >= 0.3 is 0 Å². The number of nitrogens with zero attached hydrogens (tertiary/aromatic N) is 1. The molecule has 0 saturated heterocycles. The molecule has 15 heavy (non-hydrogen) atoms. The van der Waals surface area contributed by atoms with Crippen LogP contribution in [-0.4, -0.2) is 4.98 Å². The highest BCUT2D eigenvalue weighted by Crippen LogP contribution is 2.19. The van der Waals surface area contributed by atoms with Gasteiger partial charge < -0.3 is 4.42 Å². The first-order valence-corrected chi connectivity index (χ1v) is 5.89. The van der Waals surface area contributed by atoms with Gasteiger partial charge in [0.25, 0.3) is 0 Å². The zero-order valence-electron chi connectivity index (χ0n) is 8.81. The van der Waals surface area contributed by atoms with Crippen LogP contribution in [0.15, 0.2) is 33.7 Å². The fourth-order valence-corrected chi connectivity index (χ4v) is 2.16. The van der Waals surface area contributed by atoms with Crippen LogP contribution in [0.25, 0.3) is 0 Å². The van der Waals surface area contributed by atoms with Crippen molar-refractivity contribution in [3.8, 4) is 0 Å². The van der Waals surface area contributed by atoms with Crippen molar-refractivity contribution in [1.29, 1.82) is 0 Å². The normalized spacial score (nSPS) is 15.1. The number of aromatic nitrogens is 1. The molecule has 3 nitrogen and oxygen atoms in total. The average molecular weight is 222 g/mol. The van der Waals surface area contributed by atoms with E-state index in [-0.39, 0.29) is 12.1 Å². The van der Waals surface area contributed by atoms with Gasteiger partial charge in [0, 0.05) is 11.4 Å². The molecule has 2 atom stereocenters. The van der Waals surface area contributed by atoms with Gasteiger partial charge in [0.15, 0.2) is 0 Å². The van der Waals surface area contributed by atoms with E-state index in [1.807, 2.05) is 17.6 Å². The van der Waals surface area contributed by atoms with E-state index >= 15 is 0 Å². The summed E-state index contributed by atoms with van der Waals surface area (Å²) in [5.74, 6) is 0.956. The van der Waals surface area contributed by atoms with Gasteiger partial charge in [-0.3, -0.25) is 5.32 Å². The topological polar surface area (TPSA) is 38.1 Å². The molecular formula is C11H14N2OS. The molecule has 80 valence electrons. The molecule has 0 aliphatic rings. The molecule has 2 aromatic heterocycles. The lowest BCUT2D eigenvalue weighted by Crippen LogP contribution is -2.22. The van der Waals surface area contributed by atoms with E-state index in [1.54, 1.807) is 17.6 Å². The minimum Gasteiger partial charge on any atom is -0.468 e. The van der Waals surface area contributed by atoms with Gasteiger partial charge in [-0.2, -0.15) is 0 Å². The maximum absolute atomic E-state index is 5.33. The smallest absolute Gasteiger partial charge is 0.120 e. The summed E-state index contributed by atoms with van der Waals surface area (Å²) < 4.78 is 5.33. The van der Waals surface area contributed by atoms with Crippen molar-refractivity contribution in [3.05, 3.63) is 40.7 Å². The second-order valence-corrected chi connectivity index (χ2v) is 4.26. The summed E-state index contributed by atoms with van der Waals surface area (Å²) in [6.45, 7) is 4.19. The van der Waals surface area contributed by atoms with Crippen molar-refractivity contribution in [2.75, 3.05) is 0 Å². The second-order valence-electron chi connectivity index (χ2n) is 3.54. The van der Waals surface area contributed by atoms with Crippen LogP contribution in [0, 0.1) is 0 Å². The van der Waals surface area contributed by atoms with E-state index in [0.29, 0.717) is 0 Å². The van der Waals surface area contributed by atoms with E-state index in [0.717, 1.165) is 11.5 Å². The molecule has 2 rings (SSSR count). The highest BCUT2D eigenvalue weighted by molar-refractivity contribution is 7.07. The molecule has 0 aliphatic carbocycles. The molecule has 0 fully saturated rings. The molecule has 1 unspecified atom stereocenters. The fraction of sp³-hybridized carbons (Fsp3) is 0.364. The lowest BCUT2D eigenvalue weighted by molar-refractivity contribution is 0.400. The molecule has 0 aliphatic heterocycles. The van der Waals surface area contributed by atoms with Crippen LogP contribution in [0.2, 0.25) is 0 Å². The van der Waals surface area contributed by atoms with Crippen molar-refractivity contribution in [1.82, 2.24) is 10.3 Å². The van der Waals surface area contributed by atoms with Crippen LogP contribution < -0.4 is 5.32 Å². The van der Waals surface area contributed by atoms with Crippen molar-refractivity contribution in [3.63, 3.8) is 0 Å². The maximum atomic E-state index is 5.33. The summed E-state index contributed by atoms with van der Waals surface area (Å²) in [7, 11) is 0. The molecule has 0 amide bonds. The highest BCUT2D eigenvalue weighted by Gasteiger charge is 2.13. The first-order valence-electron chi connectivity index (χ1n) is 4.95. The molecule has 0 spiro atoms. The Labute approximate surface area is 93.2 Å². The SMILES string of the molecule is CC(N[C@H](C)c1ccco1)c1cscn1. The lowest BCUT2D eigenvalue weighted by atomic mass is 10.2. The van der Waals surface area contributed by atoms with Crippen molar-refractivity contribution < 1.29 is 4.42 Å². The number of hydrogen-bond donors (Lipinski definition) is 1. The Hall–Kier alpha value is -1.13. The average Bonchev–Trinajstić information content (AvgIpc) is 2.91. The Balaban J connectivity index is 1.98. The lowest BCUT2D eigenvalue weighted by Gasteiger charge is -2.16. The molecule has 1 N–H and O–H groups in total. The summed E-state index contributed by atoms with van der Waals surface area (Å²) in [5, 5.41) is 5.50. The van der Waals surface area contributed by atoms with Crippen molar-refractivity contribution in [2.24, 2.45) is 0 Å². The van der Waals surface area contributed by atoms with E-state index < -0.39 is 0 Å². The van der Waals surface area contributed by atoms with Gasteiger partial charge in [-0.05, 0) is 26.0 Å². The number of nitrogens with one attached hydrogen (secondary N) is 1. The largest absolute Gasteiger partial charge is 0.468 e. The molecule has 2 aromatic rings. The number of hydrogen-bond acceptors (Lipinski definition) is 4. The van der Waals surface area contributed by atoms with E-state index in [1.165, 1.54) is 0 Å². The predicted molar refractivity (Wildman–Crippen MR) is 60.8 cm³/mol. The zero-order valence-corrected chi connectivity index (χ0v) is 9.62. The van der Waals surface area contributed by atoms with Gasteiger partial charge in [0.2, 0.25) is 0 Å². The standard InChI is InChI=1S/C11H14N2OS/c1-8(10-6-15-7-12-10)13-9(2)11-4-3-5-14-11/h3-9,13H,1-2H3/t8?,9-/m1/s1. The van der Waals surface area contributed by atoms with Crippen LogP contribution in [0.1, 0.15) is 37.4 Å². The number of thiazole rings is 1. The quantitative estimate of drug-likeness (QED) is 0.863. The second kappa shape index (κ2) is 4.59. The Morgan fingerprint density at radius 1 is 1.40 bits per heavy atom. The third kappa shape index (κ3) is 2.46. The molecule has 0 aromatic carbocycles. The molecule has 4 heteroatoms. The van der Waals surface area contributed by atoms with Crippen LogP contribution in [0.4, 0.5) is 0 Å². The molecule has 2 heterocycles. The van der Waals surface area contributed by atoms with Crippen LogP contribution in [0.3, 0.4) is 0 Å². The minimum absolute atomic E-state index is 0.205. The Kier molecular flexibility index (Phi) is 3.18. The monoisotopic (exact) mass is 222 g/mol. The summed E-state index contributed by atoms with van der Waals surface area (Å²) in [4.78, 5) is 4.28. The molecule has 0 saturated carbocycles. The van der Waals surface area contributed by atoms with Gasteiger partial charge in [-0.1, -0.05) is 0 Å². The summed E-state index contributed by atoms with van der Waals surface area (Å²) in [6.07, 6.45) is 1.70. The van der Waals surface area contributed by atoms with Crippen LogP contribution in [0.5, 0.6) is 0 Å². The molecular weight excluding hydrogens is 208 g/mol. The Morgan fingerprint density at radius 2 is 2.27 bits per heavy atom. The number of furan rings is 1. The summed E-state index contributed by atoms with van der Waals surface area (Å²) in [5.41, 5.74) is 2.93. The van der Waals surface area contributed by atoms with Gasteiger partial charge in [-0.25, -0.2) is 4.98 Å². The Morgan fingerprint density at radius 3 is 2.87 bits per heavy atom. The van der Waals surface area contributed by atoms with Gasteiger partial charge in [0.1, 0.15) is 5.76 Å². The first-order chi connectivity index (χ1) is 7.27. The summed E-state index contributed by atoms with van der Waals surface area (Å²) >= 11 is 1.62. The minimum atomic E-state index is 0.205. The van der Waals surface area contributed by atoms with Gasteiger partial charge in [0.05, 0.1) is 23.5 Å². The fourth-order valence-electron chi connectivity index (χ4n) is 1.52. The van der Waals surface area contributed by atoms with E-state index in [4.69, 9.17) is 4.42 Å². The third-order valence-corrected chi connectivity index (χ3v) is 2.97. The summed E-state index contributed by atoms with van der Waals surface area (Å²) in [6, 6.07) is 4.33. The molecule has 0 bridgehead atoms. The van der Waals surface area contributed by atoms with Crippen molar-refractivity contribution in [2.45, 2.75) is 25.9 Å². The van der Waals surface area contributed by atoms with Crippen molar-refractivity contribution >= 4 is 11.3 Å². The molecule has 0 radical (unpaired) electrons. The van der Waals surface area contributed by atoms with Gasteiger partial charge in [-0.15, -0.1) is 11.3 Å². The highest BCUT2D eigenvalue weighted by atomic mass is 32.1. The van der Waals surface area contributed by atoms with E-state index in [9.17, 15) is 0 Å². The zero-order chi connectivity index (χ0) is 10.7. The van der Waals surface area contributed by atoms with E-state index in [2.05, 4.69) is 29.5 Å². The Bertz CT molecular complexity index is 344. The third-order valence-electron chi connectivity index (χ3n) is 2.37. The number of rotatable bonds is 4. The van der Waals surface area contributed by atoms with Crippen LogP contribution >= 0.6 is 11.3 Å².